The van der Waals surface area contributed by atoms with Crippen LogP contribution in [0.15, 0.2) is 48.5 Å². The summed E-state index contributed by atoms with van der Waals surface area (Å²) in [6, 6.07) is 14.0. The molecule has 2 heterocycles. The van der Waals surface area contributed by atoms with Gasteiger partial charge in [-0.1, -0.05) is 12.1 Å². The summed E-state index contributed by atoms with van der Waals surface area (Å²) in [4.78, 5) is 27.0. The number of nitrogens with zero attached hydrogens (tertiary/aromatic N) is 1. The maximum Gasteiger partial charge on any atom is 0.269 e. The molecule has 2 aliphatic heterocycles. The van der Waals surface area contributed by atoms with Gasteiger partial charge in [0, 0.05) is 37.4 Å². The molecule has 30 heavy (non-hydrogen) atoms. The zero-order valence-electron chi connectivity index (χ0n) is 16.6. The van der Waals surface area contributed by atoms with Crippen LogP contribution in [0.2, 0.25) is 0 Å². The highest BCUT2D eigenvalue weighted by Gasteiger charge is 2.27. The molecule has 158 valence electrons. The third kappa shape index (κ3) is 5.08. The molecule has 0 aromatic heterocycles. The van der Waals surface area contributed by atoms with Crippen molar-refractivity contribution in [1.82, 2.24) is 10.2 Å². The second-order valence-electron chi connectivity index (χ2n) is 7.14. The van der Waals surface area contributed by atoms with Crippen molar-refractivity contribution in [3.8, 4) is 11.5 Å². The average Bonchev–Trinajstić information content (AvgIpc) is 2.80. The number of hydrogen-bond donors (Lipinski definition) is 2. The second-order valence-corrected chi connectivity index (χ2v) is 7.14. The van der Waals surface area contributed by atoms with E-state index in [1.54, 1.807) is 36.4 Å². The van der Waals surface area contributed by atoms with Crippen LogP contribution in [-0.4, -0.2) is 68.8 Å². The number of hydrogen-bond acceptors (Lipinski definition) is 6. The molecule has 2 aromatic rings. The van der Waals surface area contributed by atoms with E-state index in [0.29, 0.717) is 29.3 Å². The number of fused-ring (bicyclic) bond motifs is 1. The van der Waals surface area contributed by atoms with Crippen LogP contribution in [0.5, 0.6) is 11.5 Å². The number of morpholine rings is 1. The highest BCUT2D eigenvalue weighted by atomic mass is 16.6. The van der Waals surface area contributed by atoms with Crippen molar-refractivity contribution in [2.24, 2.45) is 0 Å². The second kappa shape index (κ2) is 9.60. The Morgan fingerprint density at radius 1 is 1.00 bits per heavy atom. The molecule has 0 aliphatic carbocycles. The Hall–Kier alpha value is -3.10. The van der Waals surface area contributed by atoms with Crippen LogP contribution in [0.1, 0.15) is 10.4 Å². The first-order chi connectivity index (χ1) is 14.7. The van der Waals surface area contributed by atoms with Crippen molar-refractivity contribution in [1.29, 1.82) is 0 Å². The zero-order valence-corrected chi connectivity index (χ0v) is 16.6. The Morgan fingerprint density at radius 2 is 1.73 bits per heavy atom. The smallest absolute Gasteiger partial charge is 0.269 e. The lowest BCUT2D eigenvalue weighted by molar-refractivity contribution is -0.125. The summed E-state index contributed by atoms with van der Waals surface area (Å²) in [5.41, 5.74) is 1.13. The monoisotopic (exact) mass is 411 g/mol. The van der Waals surface area contributed by atoms with Crippen LogP contribution in [0.3, 0.4) is 0 Å². The van der Waals surface area contributed by atoms with E-state index in [9.17, 15) is 9.59 Å². The topological polar surface area (TPSA) is 89.1 Å². The highest BCUT2D eigenvalue weighted by molar-refractivity contribution is 5.97. The minimum absolute atomic E-state index is 0.137. The van der Waals surface area contributed by atoms with Gasteiger partial charge < -0.3 is 24.8 Å². The molecule has 1 saturated heterocycles. The number of carbonyl (C=O) groups is 2. The molecular formula is C22H25N3O5. The minimum Gasteiger partial charge on any atom is -0.485 e. The first kappa shape index (κ1) is 20.2. The van der Waals surface area contributed by atoms with Gasteiger partial charge in [0.2, 0.25) is 6.10 Å². The maximum absolute atomic E-state index is 12.5. The van der Waals surface area contributed by atoms with E-state index in [4.69, 9.17) is 14.2 Å². The fourth-order valence-electron chi connectivity index (χ4n) is 3.33. The van der Waals surface area contributed by atoms with Gasteiger partial charge in [-0.15, -0.1) is 0 Å². The van der Waals surface area contributed by atoms with Gasteiger partial charge in [-0.05, 0) is 36.4 Å². The maximum atomic E-state index is 12.5. The van der Waals surface area contributed by atoms with Gasteiger partial charge >= 0.3 is 0 Å². The molecule has 1 atom stereocenters. The van der Waals surface area contributed by atoms with Gasteiger partial charge in [0.15, 0.2) is 11.5 Å². The number of anilines is 1. The van der Waals surface area contributed by atoms with Crippen molar-refractivity contribution < 1.29 is 23.8 Å². The SMILES string of the molecule is O=C(NCCN1CCOCC1)c1ccc(NC(=O)[C@@H]2COc3ccccc3O2)cc1. The number of ether oxygens (including phenoxy) is 3. The molecule has 0 saturated carbocycles. The molecule has 0 radical (unpaired) electrons. The van der Waals surface area contributed by atoms with Crippen LogP contribution in [0.4, 0.5) is 5.69 Å². The lowest BCUT2D eigenvalue weighted by atomic mass is 10.2. The largest absolute Gasteiger partial charge is 0.485 e. The van der Waals surface area contributed by atoms with Crippen LogP contribution in [0, 0.1) is 0 Å². The quantitative estimate of drug-likeness (QED) is 0.750. The van der Waals surface area contributed by atoms with Crippen molar-refractivity contribution >= 4 is 17.5 Å². The summed E-state index contributed by atoms with van der Waals surface area (Å²) in [6.45, 7) is 4.80. The van der Waals surface area contributed by atoms with Crippen LogP contribution < -0.4 is 20.1 Å². The molecule has 2 aliphatic rings. The number of nitrogens with one attached hydrogen (secondary N) is 2. The Labute approximate surface area is 175 Å². The van der Waals surface area contributed by atoms with Gasteiger partial charge in [-0.25, -0.2) is 0 Å². The molecule has 8 heteroatoms. The molecule has 0 unspecified atom stereocenters. The van der Waals surface area contributed by atoms with Crippen molar-refractivity contribution in [2.45, 2.75) is 6.10 Å². The van der Waals surface area contributed by atoms with E-state index in [2.05, 4.69) is 15.5 Å². The van der Waals surface area contributed by atoms with Gasteiger partial charge in [-0.3, -0.25) is 14.5 Å². The van der Waals surface area contributed by atoms with Crippen molar-refractivity contribution in [3.63, 3.8) is 0 Å². The lowest BCUT2D eigenvalue weighted by Crippen LogP contribution is -2.41. The number of amides is 2. The predicted octanol–water partition coefficient (Wildman–Crippen LogP) is 1.53. The Kier molecular flexibility index (Phi) is 6.46. The van der Waals surface area contributed by atoms with E-state index in [1.165, 1.54) is 0 Å². The summed E-state index contributed by atoms with van der Waals surface area (Å²) in [6.07, 6.45) is -0.733. The molecule has 2 N–H and O–H groups in total. The first-order valence-electron chi connectivity index (χ1n) is 10.1. The van der Waals surface area contributed by atoms with Gasteiger partial charge in [0.05, 0.1) is 13.2 Å². The van der Waals surface area contributed by atoms with E-state index in [-0.39, 0.29) is 18.4 Å². The normalized spacial score (nSPS) is 18.5. The number of carbonyl (C=O) groups excluding carboxylic acids is 2. The molecule has 0 bridgehead atoms. The molecule has 0 spiro atoms. The molecule has 1 fully saturated rings. The average molecular weight is 411 g/mol. The molecule has 4 rings (SSSR count). The predicted molar refractivity (Wildman–Crippen MR) is 111 cm³/mol. The number of benzene rings is 2. The zero-order chi connectivity index (χ0) is 20.8. The third-order valence-electron chi connectivity index (χ3n) is 5.03. The van der Waals surface area contributed by atoms with Crippen LogP contribution in [-0.2, 0) is 9.53 Å². The summed E-state index contributed by atoms with van der Waals surface area (Å²) < 4.78 is 16.6. The van der Waals surface area contributed by atoms with E-state index >= 15 is 0 Å². The molecule has 2 aromatic carbocycles. The number of rotatable bonds is 6. The molecule has 8 nitrogen and oxygen atoms in total. The Balaban J connectivity index is 1.25. The lowest BCUT2D eigenvalue weighted by Gasteiger charge is -2.26. The minimum atomic E-state index is -0.733. The summed E-state index contributed by atoms with van der Waals surface area (Å²) >= 11 is 0. The fourth-order valence-corrected chi connectivity index (χ4v) is 3.33. The Bertz CT molecular complexity index is 881. The van der Waals surface area contributed by atoms with Gasteiger partial charge in [-0.2, -0.15) is 0 Å². The van der Waals surface area contributed by atoms with Crippen LogP contribution in [0.25, 0.3) is 0 Å². The fraction of sp³-hybridized carbons (Fsp3) is 0.364. The van der Waals surface area contributed by atoms with E-state index in [0.717, 1.165) is 32.8 Å². The van der Waals surface area contributed by atoms with Crippen molar-refractivity contribution in [3.05, 3.63) is 54.1 Å². The van der Waals surface area contributed by atoms with E-state index < -0.39 is 6.10 Å². The first-order valence-corrected chi connectivity index (χ1v) is 10.1. The third-order valence-corrected chi connectivity index (χ3v) is 5.03. The standard InChI is InChI=1S/C22H25N3O5/c26-21(23-9-10-25-11-13-28-14-12-25)16-5-7-17(8-6-16)24-22(27)20-15-29-18-3-1-2-4-19(18)30-20/h1-8,20H,9-15H2,(H,23,26)(H,24,27)/t20-/m0/s1. The number of para-hydroxylation sites is 2. The van der Waals surface area contributed by atoms with Crippen molar-refractivity contribution in [2.75, 3.05) is 51.3 Å². The summed E-state index contributed by atoms with van der Waals surface area (Å²) in [5, 5.41) is 5.72. The highest BCUT2D eigenvalue weighted by Crippen LogP contribution is 2.31. The summed E-state index contributed by atoms with van der Waals surface area (Å²) in [7, 11) is 0. The summed E-state index contributed by atoms with van der Waals surface area (Å²) in [5.74, 6) is 0.743. The van der Waals surface area contributed by atoms with Crippen LogP contribution >= 0.6 is 0 Å². The Morgan fingerprint density at radius 3 is 2.50 bits per heavy atom. The van der Waals surface area contributed by atoms with Gasteiger partial charge in [0.25, 0.3) is 11.8 Å². The van der Waals surface area contributed by atoms with Gasteiger partial charge in [0.1, 0.15) is 6.61 Å². The van der Waals surface area contributed by atoms with E-state index in [1.807, 2.05) is 12.1 Å². The molecule has 2 amide bonds. The molecular weight excluding hydrogens is 386 g/mol.